The molecule has 1 aromatic carbocycles. The van der Waals surface area contributed by atoms with E-state index in [4.69, 9.17) is 11.6 Å². The van der Waals surface area contributed by atoms with Gasteiger partial charge in [0.2, 0.25) is 0 Å². The second kappa shape index (κ2) is 6.58. The first-order valence-corrected chi connectivity index (χ1v) is 7.19. The van der Waals surface area contributed by atoms with E-state index < -0.39 is 0 Å². The second-order valence-corrected chi connectivity index (χ2v) is 6.58. The van der Waals surface area contributed by atoms with Crippen molar-refractivity contribution in [1.29, 1.82) is 0 Å². The van der Waals surface area contributed by atoms with Crippen LogP contribution in [0.25, 0.3) is 0 Å². The quantitative estimate of drug-likeness (QED) is 0.798. The zero-order valence-electron chi connectivity index (χ0n) is 12.3. The predicted octanol–water partition coefficient (Wildman–Crippen LogP) is 4.54. The van der Waals surface area contributed by atoms with Crippen LogP contribution < -0.4 is 5.32 Å². The highest BCUT2D eigenvalue weighted by Gasteiger charge is 2.28. The first-order valence-electron chi connectivity index (χ1n) is 6.81. The summed E-state index contributed by atoms with van der Waals surface area (Å²) < 4.78 is 0. The van der Waals surface area contributed by atoms with Gasteiger partial charge >= 0.3 is 0 Å². The highest BCUT2D eigenvalue weighted by Crippen LogP contribution is 2.31. The van der Waals surface area contributed by atoms with Gasteiger partial charge in [-0.15, -0.1) is 0 Å². The molecule has 0 heterocycles. The molecule has 18 heavy (non-hydrogen) atoms. The fraction of sp³-hybridized carbons (Fsp3) is 0.625. The van der Waals surface area contributed by atoms with Crippen molar-refractivity contribution in [3.8, 4) is 0 Å². The Morgan fingerprint density at radius 1 is 1.11 bits per heavy atom. The summed E-state index contributed by atoms with van der Waals surface area (Å²) in [6, 6.07) is 8.77. The van der Waals surface area contributed by atoms with Crippen LogP contribution in [0.5, 0.6) is 0 Å². The number of rotatable bonds is 6. The van der Waals surface area contributed by atoms with E-state index >= 15 is 0 Å². The van der Waals surface area contributed by atoms with Gasteiger partial charge in [0.05, 0.1) is 0 Å². The lowest BCUT2D eigenvalue weighted by Gasteiger charge is -2.35. The van der Waals surface area contributed by atoms with Crippen LogP contribution in [0.4, 0.5) is 0 Å². The minimum Gasteiger partial charge on any atom is -0.314 e. The van der Waals surface area contributed by atoms with Gasteiger partial charge in [0.25, 0.3) is 0 Å². The molecule has 0 aromatic heterocycles. The smallest absolute Gasteiger partial charge is 0.0406 e. The van der Waals surface area contributed by atoms with Crippen LogP contribution in [0.2, 0.25) is 5.02 Å². The monoisotopic (exact) mass is 267 g/mol. The summed E-state index contributed by atoms with van der Waals surface area (Å²) in [6.45, 7) is 12.4. The van der Waals surface area contributed by atoms with Crippen molar-refractivity contribution in [3.63, 3.8) is 0 Å². The SMILES string of the molecule is CC(C)NCC(C)(Cc1ccc(Cl)cc1)C(C)C. The van der Waals surface area contributed by atoms with Gasteiger partial charge in [-0.05, 0) is 35.4 Å². The molecule has 0 aliphatic carbocycles. The Bertz CT molecular complexity index is 356. The summed E-state index contributed by atoms with van der Waals surface area (Å²) >= 11 is 5.94. The summed E-state index contributed by atoms with van der Waals surface area (Å²) in [4.78, 5) is 0. The van der Waals surface area contributed by atoms with Crippen molar-refractivity contribution in [3.05, 3.63) is 34.9 Å². The van der Waals surface area contributed by atoms with E-state index in [0.717, 1.165) is 18.0 Å². The summed E-state index contributed by atoms with van der Waals surface area (Å²) in [5.74, 6) is 0.638. The van der Waals surface area contributed by atoms with Gasteiger partial charge in [-0.2, -0.15) is 0 Å². The summed E-state index contributed by atoms with van der Waals surface area (Å²) in [7, 11) is 0. The van der Waals surface area contributed by atoms with Crippen LogP contribution in [0.3, 0.4) is 0 Å². The lowest BCUT2D eigenvalue weighted by Crippen LogP contribution is -2.40. The lowest BCUT2D eigenvalue weighted by atomic mass is 9.74. The fourth-order valence-electron chi connectivity index (χ4n) is 1.98. The molecule has 0 amide bonds. The molecule has 2 heteroatoms. The Morgan fingerprint density at radius 2 is 1.67 bits per heavy atom. The van der Waals surface area contributed by atoms with Crippen LogP contribution in [0.15, 0.2) is 24.3 Å². The molecule has 1 aromatic rings. The Kier molecular flexibility index (Phi) is 5.68. The van der Waals surface area contributed by atoms with Crippen molar-refractivity contribution in [2.24, 2.45) is 11.3 Å². The molecule has 1 rings (SSSR count). The summed E-state index contributed by atoms with van der Waals surface area (Å²) in [5, 5.41) is 4.38. The van der Waals surface area contributed by atoms with Gasteiger partial charge in [-0.3, -0.25) is 0 Å². The van der Waals surface area contributed by atoms with Crippen molar-refractivity contribution in [2.45, 2.75) is 47.1 Å². The maximum atomic E-state index is 5.94. The molecule has 0 saturated heterocycles. The molecule has 1 nitrogen and oxygen atoms in total. The van der Waals surface area contributed by atoms with E-state index in [9.17, 15) is 0 Å². The topological polar surface area (TPSA) is 12.0 Å². The van der Waals surface area contributed by atoms with Crippen LogP contribution >= 0.6 is 11.6 Å². The Hall–Kier alpha value is -0.530. The third-order valence-corrected chi connectivity index (χ3v) is 4.08. The van der Waals surface area contributed by atoms with E-state index in [1.165, 1.54) is 5.56 Å². The Labute approximate surface area is 117 Å². The normalized spacial score (nSPS) is 15.1. The van der Waals surface area contributed by atoms with Gasteiger partial charge < -0.3 is 5.32 Å². The van der Waals surface area contributed by atoms with Gasteiger partial charge in [0, 0.05) is 17.6 Å². The predicted molar refractivity (Wildman–Crippen MR) is 81.2 cm³/mol. The van der Waals surface area contributed by atoms with Gasteiger partial charge in [0.1, 0.15) is 0 Å². The molecule has 1 unspecified atom stereocenters. The van der Waals surface area contributed by atoms with Crippen molar-refractivity contribution in [1.82, 2.24) is 5.32 Å². The molecular weight excluding hydrogens is 242 g/mol. The molecular formula is C16H26ClN. The van der Waals surface area contributed by atoms with Crippen molar-refractivity contribution < 1.29 is 0 Å². The van der Waals surface area contributed by atoms with E-state index in [-0.39, 0.29) is 5.41 Å². The third kappa shape index (κ3) is 4.62. The van der Waals surface area contributed by atoms with E-state index in [0.29, 0.717) is 12.0 Å². The highest BCUT2D eigenvalue weighted by atomic mass is 35.5. The molecule has 0 fully saturated rings. The fourth-order valence-corrected chi connectivity index (χ4v) is 2.10. The van der Waals surface area contributed by atoms with E-state index in [1.54, 1.807) is 0 Å². The van der Waals surface area contributed by atoms with Crippen LogP contribution in [0, 0.1) is 11.3 Å². The molecule has 102 valence electrons. The number of benzene rings is 1. The molecule has 1 N–H and O–H groups in total. The second-order valence-electron chi connectivity index (χ2n) is 6.15. The molecule has 0 spiro atoms. The summed E-state index contributed by atoms with van der Waals surface area (Å²) in [5.41, 5.74) is 1.64. The van der Waals surface area contributed by atoms with Crippen molar-refractivity contribution >= 4 is 11.6 Å². The standard InChI is InChI=1S/C16H26ClN/c1-12(2)16(5,11-18-13(3)4)10-14-6-8-15(17)9-7-14/h6-9,12-13,18H,10-11H2,1-5H3. The number of nitrogens with one attached hydrogen (secondary N) is 1. The minimum atomic E-state index is 0.276. The maximum Gasteiger partial charge on any atom is 0.0406 e. The van der Waals surface area contributed by atoms with Crippen molar-refractivity contribution in [2.75, 3.05) is 6.54 Å². The molecule has 0 saturated carbocycles. The van der Waals surface area contributed by atoms with E-state index in [1.807, 2.05) is 12.1 Å². The number of halogens is 1. The van der Waals surface area contributed by atoms with Crippen LogP contribution in [-0.2, 0) is 6.42 Å². The average Bonchev–Trinajstić information content (AvgIpc) is 2.29. The number of hydrogen-bond acceptors (Lipinski definition) is 1. The zero-order valence-corrected chi connectivity index (χ0v) is 13.0. The average molecular weight is 268 g/mol. The first-order chi connectivity index (χ1) is 8.33. The third-order valence-electron chi connectivity index (χ3n) is 3.83. The Balaban J connectivity index is 2.75. The van der Waals surface area contributed by atoms with Gasteiger partial charge in [0.15, 0.2) is 0 Å². The maximum absolute atomic E-state index is 5.94. The molecule has 0 aliphatic rings. The van der Waals surface area contributed by atoms with Gasteiger partial charge in [-0.1, -0.05) is 58.4 Å². The van der Waals surface area contributed by atoms with Gasteiger partial charge in [-0.25, -0.2) is 0 Å². The largest absolute Gasteiger partial charge is 0.314 e. The molecule has 1 atom stereocenters. The molecule has 0 aliphatic heterocycles. The van der Waals surface area contributed by atoms with Crippen LogP contribution in [0.1, 0.15) is 40.2 Å². The van der Waals surface area contributed by atoms with Crippen LogP contribution in [-0.4, -0.2) is 12.6 Å². The zero-order chi connectivity index (χ0) is 13.8. The summed E-state index contributed by atoms with van der Waals surface area (Å²) in [6.07, 6.45) is 1.08. The lowest BCUT2D eigenvalue weighted by molar-refractivity contribution is 0.202. The molecule has 0 radical (unpaired) electrons. The van der Waals surface area contributed by atoms with E-state index in [2.05, 4.69) is 52.1 Å². The highest BCUT2D eigenvalue weighted by molar-refractivity contribution is 6.30. The molecule has 0 bridgehead atoms. The minimum absolute atomic E-state index is 0.276. The Morgan fingerprint density at radius 3 is 2.11 bits per heavy atom. The number of hydrogen-bond donors (Lipinski definition) is 1. The first kappa shape index (κ1) is 15.5.